The molecular formula is C25H28ClF2N3O5. The third kappa shape index (κ3) is 5.24. The molecule has 1 aliphatic heterocycles. The third-order valence-electron chi connectivity index (χ3n) is 7.15. The zero-order valence-electron chi connectivity index (χ0n) is 19.7. The average Bonchev–Trinajstić information content (AvgIpc) is 3.36. The maximum atomic E-state index is 13.6. The van der Waals surface area contributed by atoms with Crippen LogP contribution in [-0.2, 0) is 22.6 Å². The van der Waals surface area contributed by atoms with E-state index >= 15 is 0 Å². The number of nitrogens with zero attached hydrogens (tertiary/aromatic N) is 1. The van der Waals surface area contributed by atoms with Gasteiger partial charge in [-0.3, -0.25) is 14.4 Å². The van der Waals surface area contributed by atoms with Crippen LogP contribution in [0.15, 0.2) is 18.2 Å². The number of rotatable bonds is 8. The van der Waals surface area contributed by atoms with Crippen LogP contribution in [0.4, 0.5) is 14.5 Å². The number of carbonyl (C=O) groups excluding carboxylic acids is 2. The zero-order chi connectivity index (χ0) is 26.2. The molecular weight excluding hydrogens is 496 g/mol. The summed E-state index contributed by atoms with van der Waals surface area (Å²) in [4.78, 5) is 37.2. The van der Waals surface area contributed by atoms with Crippen LogP contribution in [-0.4, -0.2) is 38.0 Å². The van der Waals surface area contributed by atoms with Gasteiger partial charge in [-0.2, -0.15) is 0 Å². The number of hydrogen-bond acceptors (Lipinski definition) is 5. The molecule has 0 radical (unpaired) electrons. The quantitative estimate of drug-likeness (QED) is 0.234. The zero-order valence-corrected chi connectivity index (χ0v) is 20.5. The summed E-state index contributed by atoms with van der Waals surface area (Å²) in [7, 11) is 0. The third-order valence-corrected chi connectivity index (χ3v) is 7.53. The fourth-order valence-corrected chi connectivity index (χ4v) is 5.62. The highest BCUT2D eigenvalue weighted by atomic mass is 35.5. The van der Waals surface area contributed by atoms with E-state index in [1.54, 1.807) is 4.57 Å². The highest BCUT2D eigenvalue weighted by molar-refractivity contribution is 6.47. The SMILES string of the molecule is CC1(NC(=O)C(=O)c2c(Cl)c(C(O)Nc3ccc(F)c(F)c3)c3n2CCC3)CCC(CC(=O)O)CC1. The summed E-state index contributed by atoms with van der Waals surface area (Å²) in [5, 5.41) is 25.2. The largest absolute Gasteiger partial charge is 0.481 e. The van der Waals surface area contributed by atoms with Crippen LogP contribution in [0.1, 0.15) is 73.4 Å². The number of anilines is 1. The van der Waals surface area contributed by atoms with Crippen LogP contribution in [0, 0.1) is 17.6 Å². The van der Waals surface area contributed by atoms with Gasteiger partial charge in [-0.15, -0.1) is 0 Å². The van der Waals surface area contributed by atoms with Crippen LogP contribution < -0.4 is 10.6 Å². The van der Waals surface area contributed by atoms with Crippen molar-refractivity contribution in [3.63, 3.8) is 0 Å². The summed E-state index contributed by atoms with van der Waals surface area (Å²) in [5.41, 5.74) is 0.263. The van der Waals surface area contributed by atoms with Crippen molar-refractivity contribution in [1.82, 2.24) is 9.88 Å². The predicted molar refractivity (Wildman–Crippen MR) is 128 cm³/mol. The summed E-state index contributed by atoms with van der Waals surface area (Å²) in [6.07, 6.45) is 2.21. The molecule has 0 saturated heterocycles. The Hall–Kier alpha value is -2.98. The number of carboxylic acids is 1. The fourth-order valence-electron chi connectivity index (χ4n) is 5.22. The van der Waals surface area contributed by atoms with E-state index in [9.17, 15) is 28.3 Å². The monoisotopic (exact) mass is 523 g/mol. The van der Waals surface area contributed by atoms with Crippen LogP contribution >= 0.6 is 11.6 Å². The fraction of sp³-hybridized carbons (Fsp3) is 0.480. The van der Waals surface area contributed by atoms with Gasteiger partial charge in [0.05, 0.1) is 5.02 Å². The number of halogens is 3. The Bertz CT molecular complexity index is 1210. The summed E-state index contributed by atoms with van der Waals surface area (Å²) in [5.74, 6) is -4.57. The molecule has 2 aromatic rings. The topological polar surface area (TPSA) is 121 Å². The molecule has 4 N–H and O–H groups in total. The molecule has 2 heterocycles. The molecule has 1 atom stereocenters. The number of Topliss-reactive ketones (excluding diaryl/α,β-unsaturated/α-hetero) is 1. The van der Waals surface area contributed by atoms with Gasteiger partial charge in [-0.1, -0.05) is 11.6 Å². The number of aromatic nitrogens is 1. The molecule has 8 nitrogen and oxygen atoms in total. The van der Waals surface area contributed by atoms with Gasteiger partial charge in [0.15, 0.2) is 17.9 Å². The second-order valence-electron chi connectivity index (χ2n) is 9.84. The number of aliphatic hydroxyl groups excluding tert-OH is 1. The molecule has 194 valence electrons. The highest BCUT2D eigenvalue weighted by Crippen LogP contribution is 2.38. The van der Waals surface area contributed by atoms with Crippen molar-refractivity contribution in [1.29, 1.82) is 0 Å². The van der Waals surface area contributed by atoms with E-state index in [1.165, 1.54) is 6.07 Å². The van der Waals surface area contributed by atoms with Crippen molar-refractivity contribution in [2.45, 2.75) is 70.2 Å². The van der Waals surface area contributed by atoms with E-state index in [0.29, 0.717) is 50.8 Å². The summed E-state index contributed by atoms with van der Waals surface area (Å²) in [6, 6.07) is 3.08. The number of carbonyl (C=O) groups is 3. The maximum absolute atomic E-state index is 13.6. The summed E-state index contributed by atoms with van der Waals surface area (Å²) in [6.45, 7) is 2.27. The second-order valence-corrected chi connectivity index (χ2v) is 10.2. The molecule has 1 saturated carbocycles. The van der Waals surface area contributed by atoms with Gasteiger partial charge in [0.2, 0.25) is 0 Å². The summed E-state index contributed by atoms with van der Waals surface area (Å²) >= 11 is 6.54. The molecule has 11 heteroatoms. The average molecular weight is 524 g/mol. The number of carboxylic acid groups (broad SMARTS) is 1. The van der Waals surface area contributed by atoms with Crippen molar-refractivity contribution in [3.8, 4) is 0 Å². The van der Waals surface area contributed by atoms with E-state index in [-0.39, 0.29) is 34.3 Å². The van der Waals surface area contributed by atoms with Crippen LogP contribution in [0.2, 0.25) is 5.02 Å². The van der Waals surface area contributed by atoms with Gasteiger partial charge in [-0.05, 0) is 63.5 Å². The lowest BCUT2D eigenvalue weighted by atomic mass is 9.76. The molecule has 1 unspecified atom stereocenters. The van der Waals surface area contributed by atoms with Crippen molar-refractivity contribution in [2.24, 2.45) is 5.92 Å². The molecule has 1 amide bonds. The van der Waals surface area contributed by atoms with Crippen molar-refractivity contribution in [3.05, 3.63) is 51.8 Å². The van der Waals surface area contributed by atoms with Crippen LogP contribution in [0.5, 0.6) is 0 Å². The smallest absolute Gasteiger partial charge is 0.303 e. The Morgan fingerprint density at radius 1 is 1.22 bits per heavy atom. The van der Waals surface area contributed by atoms with E-state index in [1.807, 2.05) is 6.92 Å². The molecule has 0 spiro atoms. The first-order chi connectivity index (χ1) is 17.0. The number of fused-ring (bicyclic) bond motifs is 1. The number of ketones is 1. The maximum Gasteiger partial charge on any atom is 0.303 e. The number of nitrogens with one attached hydrogen (secondary N) is 2. The Labute approximate surface area is 211 Å². The lowest BCUT2D eigenvalue weighted by Crippen LogP contribution is -2.50. The normalized spacial score (nSPS) is 22.1. The Morgan fingerprint density at radius 2 is 1.92 bits per heavy atom. The summed E-state index contributed by atoms with van der Waals surface area (Å²) < 4.78 is 28.5. The molecule has 4 rings (SSSR count). The molecule has 0 bridgehead atoms. The lowest BCUT2D eigenvalue weighted by molar-refractivity contribution is -0.138. The minimum Gasteiger partial charge on any atom is -0.481 e. The first kappa shape index (κ1) is 26.1. The molecule has 1 aliphatic carbocycles. The number of hydrogen-bond donors (Lipinski definition) is 4. The Kier molecular flexibility index (Phi) is 7.38. The number of aliphatic carboxylic acids is 1. The van der Waals surface area contributed by atoms with Gasteiger partial charge < -0.3 is 25.4 Å². The minimum atomic E-state index is -1.42. The van der Waals surface area contributed by atoms with E-state index in [4.69, 9.17) is 16.7 Å². The van der Waals surface area contributed by atoms with Crippen molar-refractivity contribution >= 4 is 34.9 Å². The lowest BCUT2D eigenvalue weighted by Gasteiger charge is -2.37. The predicted octanol–water partition coefficient (Wildman–Crippen LogP) is 4.19. The molecule has 1 aromatic heterocycles. The first-order valence-electron chi connectivity index (χ1n) is 11.9. The Balaban J connectivity index is 1.52. The first-order valence-corrected chi connectivity index (χ1v) is 12.3. The van der Waals surface area contributed by atoms with E-state index < -0.39 is 41.1 Å². The number of amides is 1. The van der Waals surface area contributed by atoms with Gasteiger partial charge in [-0.25, -0.2) is 8.78 Å². The molecule has 36 heavy (non-hydrogen) atoms. The van der Waals surface area contributed by atoms with Crippen molar-refractivity contribution in [2.75, 3.05) is 5.32 Å². The second kappa shape index (κ2) is 10.2. The number of benzene rings is 1. The van der Waals surface area contributed by atoms with Crippen LogP contribution in [0.25, 0.3) is 0 Å². The van der Waals surface area contributed by atoms with E-state index in [0.717, 1.165) is 12.1 Å². The molecule has 1 aromatic carbocycles. The van der Waals surface area contributed by atoms with Crippen molar-refractivity contribution < 1.29 is 33.4 Å². The standard InChI is InChI=1S/C25H28ClF2N3O5/c1-25(8-6-13(7-9-25)11-18(32)33)30-24(36)22(34)21-20(26)19(17-3-2-10-31(17)21)23(35)29-14-4-5-15(27)16(28)12-14/h4-5,12-13,23,29,35H,2-3,6-11H2,1H3,(H,30,36)(H,32,33). The molecule has 2 aliphatic rings. The van der Waals surface area contributed by atoms with Gasteiger partial charge in [0.25, 0.3) is 11.7 Å². The van der Waals surface area contributed by atoms with Gasteiger partial charge in [0.1, 0.15) is 5.69 Å². The molecule has 1 fully saturated rings. The Morgan fingerprint density at radius 3 is 2.56 bits per heavy atom. The van der Waals surface area contributed by atoms with Gasteiger partial charge in [0, 0.05) is 41.5 Å². The van der Waals surface area contributed by atoms with Gasteiger partial charge >= 0.3 is 5.97 Å². The van der Waals surface area contributed by atoms with E-state index in [2.05, 4.69) is 10.6 Å². The highest BCUT2D eigenvalue weighted by Gasteiger charge is 2.38. The minimum absolute atomic E-state index is 0.0223. The van der Waals surface area contributed by atoms with Crippen LogP contribution in [0.3, 0.4) is 0 Å². The number of aliphatic hydroxyl groups is 1.